The molecule has 1 aromatic carbocycles. The second-order valence-corrected chi connectivity index (χ2v) is 7.53. The van der Waals surface area contributed by atoms with Gasteiger partial charge in [-0.1, -0.05) is 0 Å². The monoisotopic (exact) mass is 454 g/mol. The molecule has 1 aliphatic rings. The molecule has 1 aliphatic heterocycles. The quantitative estimate of drug-likeness (QED) is 0.278. The lowest BCUT2D eigenvalue weighted by molar-refractivity contribution is -0.496. The lowest BCUT2D eigenvalue weighted by atomic mass is 10.2. The number of methoxy groups -OCH3 is 1. The van der Waals surface area contributed by atoms with Gasteiger partial charge in [0.2, 0.25) is 6.54 Å². The molecule has 174 valence electrons. The van der Waals surface area contributed by atoms with Gasteiger partial charge in [-0.3, -0.25) is 15.0 Å². The summed E-state index contributed by atoms with van der Waals surface area (Å²) < 4.78 is 16.9. The van der Waals surface area contributed by atoms with Gasteiger partial charge in [0.05, 0.1) is 38.0 Å². The summed E-state index contributed by atoms with van der Waals surface area (Å²) in [7, 11) is 1.58. The first-order valence-corrected chi connectivity index (χ1v) is 10.7. The average Bonchev–Trinajstić information content (AvgIpc) is 2.83. The zero-order valence-corrected chi connectivity index (χ0v) is 18.4. The summed E-state index contributed by atoms with van der Waals surface area (Å²) in [6, 6.07) is 6.93. The summed E-state index contributed by atoms with van der Waals surface area (Å²) in [6.07, 6.45) is 3.86. The molecule has 3 aromatic rings. The van der Waals surface area contributed by atoms with E-state index in [9.17, 15) is 10.1 Å². The number of pyridine rings is 1. The second-order valence-electron chi connectivity index (χ2n) is 7.53. The Hall–Kier alpha value is -3.57. The highest BCUT2D eigenvalue weighted by Gasteiger charge is 2.15. The summed E-state index contributed by atoms with van der Waals surface area (Å²) >= 11 is 0. The van der Waals surface area contributed by atoms with E-state index in [0.29, 0.717) is 46.2 Å². The van der Waals surface area contributed by atoms with Crippen LogP contribution in [0, 0.1) is 10.1 Å². The zero-order valence-electron chi connectivity index (χ0n) is 18.4. The number of anilines is 2. The topological polar surface area (TPSA) is 125 Å². The van der Waals surface area contributed by atoms with Gasteiger partial charge in [0, 0.05) is 42.2 Å². The minimum Gasteiger partial charge on any atom is -0.493 e. The average molecular weight is 454 g/mol. The highest BCUT2D eigenvalue weighted by atomic mass is 16.6. The van der Waals surface area contributed by atoms with E-state index < -0.39 is 4.92 Å². The first-order chi connectivity index (χ1) is 16.1. The van der Waals surface area contributed by atoms with Crippen molar-refractivity contribution in [3.63, 3.8) is 0 Å². The van der Waals surface area contributed by atoms with Crippen molar-refractivity contribution in [1.82, 2.24) is 19.9 Å². The van der Waals surface area contributed by atoms with Crippen LogP contribution in [-0.4, -0.2) is 71.3 Å². The van der Waals surface area contributed by atoms with Gasteiger partial charge < -0.3 is 19.5 Å². The number of benzene rings is 1. The third-order valence-corrected chi connectivity index (χ3v) is 5.33. The molecule has 4 rings (SSSR count). The number of hydrogen-bond acceptors (Lipinski definition) is 10. The van der Waals surface area contributed by atoms with Crippen LogP contribution in [0.5, 0.6) is 11.5 Å². The van der Waals surface area contributed by atoms with Crippen molar-refractivity contribution in [2.45, 2.75) is 13.0 Å². The maximum Gasteiger partial charge on any atom is 0.232 e. The first-order valence-electron chi connectivity index (χ1n) is 10.7. The molecule has 33 heavy (non-hydrogen) atoms. The van der Waals surface area contributed by atoms with Crippen molar-refractivity contribution in [3.05, 3.63) is 52.5 Å². The summed E-state index contributed by atoms with van der Waals surface area (Å²) in [5.41, 5.74) is 1.11. The molecular weight excluding hydrogens is 428 g/mol. The Labute approximate surface area is 190 Å². The number of nitro groups is 1. The van der Waals surface area contributed by atoms with Crippen molar-refractivity contribution in [2.75, 3.05) is 51.9 Å². The van der Waals surface area contributed by atoms with Crippen LogP contribution < -0.4 is 14.8 Å². The van der Waals surface area contributed by atoms with Gasteiger partial charge in [-0.05, 0) is 24.6 Å². The molecule has 3 heterocycles. The Morgan fingerprint density at radius 2 is 2.03 bits per heavy atom. The van der Waals surface area contributed by atoms with Crippen LogP contribution >= 0.6 is 0 Å². The summed E-state index contributed by atoms with van der Waals surface area (Å²) in [4.78, 5) is 25.9. The Kier molecular flexibility index (Phi) is 7.43. The Bertz CT molecular complexity index is 1110. The van der Waals surface area contributed by atoms with Crippen LogP contribution in [-0.2, 0) is 11.3 Å². The Morgan fingerprint density at radius 1 is 1.18 bits per heavy atom. The van der Waals surface area contributed by atoms with Crippen molar-refractivity contribution >= 4 is 22.5 Å². The molecule has 0 atom stereocenters. The fraction of sp³-hybridized carbons (Fsp3) is 0.409. The highest BCUT2D eigenvalue weighted by molar-refractivity contribution is 5.92. The fourth-order valence-corrected chi connectivity index (χ4v) is 3.66. The maximum absolute atomic E-state index is 11.0. The number of fused-ring (bicyclic) bond motifs is 1. The Morgan fingerprint density at radius 3 is 2.82 bits per heavy atom. The van der Waals surface area contributed by atoms with Gasteiger partial charge >= 0.3 is 0 Å². The van der Waals surface area contributed by atoms with E-state index in [-0.39, 0.29) is 6.54 Å². The van der Waals surface area contributed by atoms with Crippen molar-refractivity contribution in [3.8, 4) is 11.5 Å². The lowest BCUT2D eigenvalue weighted by Gasteiger charge is -2.26. The molecule has 0 bridgehead atoms. The minimum atomic E-state index is -0.395. The van der Waals surface area contributed by atoms with Gasteiger partial charge in [-0.2, -0.15) is 0 Å². The molecule has 0 aliphatic carbocycles. The number of aromatic nitrogens is 3. The highest BCUT2D eigenvalue weighted by Crippen LogP contribution is 2.35. The van der Waals surface area contributed by atoms with Gasteiger partial charge in [-0.25, -0.2) is 15.0 Å². The predicted molar refractivity (Wildman–Crippen MR) is 122 cm³/mol. The number of nitrogens with one attached hydrogen (secondary N) is 1. The summed E-state index contributed by atoms with van der Waals surface area (Å²) in [5, 5.41) is 14.8. The van der Waals surface area contributed by atoms with E-state index in [4.69, 9.17) is 14.2 Å². The van der Waals surface area contributed by atoms with Gasteiger partial charge in [0.1, 0.15) is 18.0 Å². The van der Waals surface area contributed by atoms with E-state index in [0.717, 1.165) is 39.3 Å². The van der Waals surface area contributed by atoms with E-state index in [1.54, 1.807) is 31.5 Å². The molecule has 1 fully saturated rings. The SMILES string of the molecule is COc1cc2ncnc(Nc3ncccc3C[N+](=O)[O-])c2cc1OCCCN1CCOCC1. The number of hydrogen-bond donors (Lipinski definition) is 1. The number of morpholine rings is 1. The molecule has 1 saturated heterocycles. The molecule has 0 radical (unpaired) electrons. The first kappa shape index (κ1) is 22.6. The van der Waals surface area contributed by atoms with Gasteiger partial charge in [0.25, 0.3) is 0 Å². The second kappa shape index (κ2) is 10.8. The smallest absolute Gasteiger partial charge is 0.232 e. The third-order valence-electron chi connectivity index (χ3n) is 5.33. The van der Waals surface area contributed by atoms with Crippen LogP contribution in [0.25, 0.3) is 10.9 Å². The van der Waals surface area contributed by atoms with Crippen LogP contribution in [0.1, 0.15) is 12.0 Å². The molecule has 0 unspecified atom stereocenters. The minimum absolute atomic E-state index is 0.343. The van der Waals surface area contributed by atoms with Crippen molar-refractivity contribution in [1.29, 1.82) is 0 Å². The molecular formula is C22H26N6O5. The van der Waals surface area contributed by atoms with Crippen LogP contribution in [0.4, 0.5) is 11.6 Å². The third kappa shape index (κ3) is 5.82. The molecule has 0 amide bonds. The Balaban J connectivity index is 1.53. The van der Waals surface area contributed by atoms with Crippen molar-refractivity contribution in [2.24, 2.45) is 0 Å². The molecule has 0 spiro atoms. The van der Waals surface area contributed by atoms with Gasteiger partial charge in [0.15, 0.2) is 11.5 Å². The standard InChI is InChI=1S/C22H26N6O5/c1-31-19-13-18-17(12-20(19)33-9-3-6-27-7-10-32-11-8-27)22(25-15-24-18)26-21-16(14-28(29)30)4-2-5-23-21/h2,4-5,12-13,15H,3,6-11,14H2,1H3,(H,23,24,25,26). The summed E-state index contributed by atoms with van der Waals surface area (Å²) in [6.45, 7) is 4.56. The van der Waals surface area contributed by atoms with E-state index >= 15 is 0 Å². The molecule has 11 nitrogen and oxygen atoms in total. The van der Waals surface area contributed by atoms with Crippen molar-refractivity contribution < 1.29 is 19.1 Å². The number of ether oxygens (including phenoxy) is 3. The van der Waals surface area contributed by atoms with Gasteiger partial charge in [-0.15, -0.1) is 0 Å². The zero-order chi connectivity index (χ0) is 23.0. The van der Waals surface area contributed by atoms with E-state index in [2.05, 4.69) is 25.2 Å². The maximum atomic E-state index is 11.0. The number of rotatable bonds is 10. The molecule has 0 saturated carbocycles. The van der Waals surface area contributed by atoms with Crippen LogP contribution in [0.15, 0.2) is 36.8 Å². The molecule has 2 aromatic heterocycles. The normalized spacial score (nSPS) is 14.2. The van der Waals surface area contributed by atoms with E-state index in [1.807, 2.05) is 6.07 Å². The molecule has 11 heteroatoms. The van der Waals surface area contributed by atoms with Crippen LogP contribution in [0.3, 0.4) is 0 Å². The van der Waals surface area contributed by atoms with E-state index in [1.165, 1.54) is 6.33 Å². The lowest BCUT2D eigenvalue weighted by Crippen LogP contribution is -2.37. The fourth-order valence-electron chi connectivity index (χ4n) is 3.66. The molecule has 1 N–H and O–H groups in total. The largest absolute Gasteiger partial charge is 0.493 e. The summed E-state index contributed by atoms with van der Waals surface area (Å²) in [5.74, 6) is 2.00. The predicted octanol–water partition coefficient (Wildman–Crippen LogP) is 2.65. The van der Waals surface area contributed by atoms with Crippen LogP contribution in [0.2, 0.25) is 0 Å². The number of nitrogens with zero attached hydrogens (tertiary/aromatic N) is 5.